The molecule has 1 aromatic rings. The summed E-state index contributed by atoms with van der Waals surface area (Å²) in [5.74, 6) is 0.661. The highest BCUT2D eigenvalue weighted by Crippen LogP contribution is 2.26. The number of carbonyl (C=O) groups is 1. The lowest BCUT2D eigenvalue weighted by Gasteiger charge is -2.15. The summed E-state index contributed by atoms with van der Waals surface area (Å²) < 4.78 is 1.68. The predicted molar refractivity (Wildman–Crippen MR) is 69.7 cm³/mol. The van der Waals surface area contributed by atoms with Crippen molar-refractivity contribution in [2.75, 3.05) is 0 Å². The largest absolute Gasteiger partial charge is 0.481 e. The molecule has 0 amide bonds. The molecule has 0 aliphatic heterocycles. The van der Waals surface area contributed by atoms with Crippen molar-refractivity contribution in [2.24, 2.45) is 5.92 Å². The Morgan fingerprint density at radius 1 is 1.37 bits per heavy atom. The second-order valence-corrected chi connectivity index (χ2v) is 5.55. The SMILES string of the molecule is CC(CC(=O)O)n1nnnc1CC1CCCCCC1. The molecule has 0 aromatic carbocycles. The van der Waals surface area contributed by atoms with Crippen molar-refractivity contribution in [3.8, 4) is 0 Å². The van der Waals surface area contributed by atoms with Crippen LogP contribution in [-0.4, -0.2) is 31.3 Å². The van der Waals surface area contributed by atoms with Crippen LogP contribution < -0.4 is 0 Å². The molecule has 6 heteroatoms. The van der Waals surface area contributed by atoms with Crippen molar-refractivity contribution in [3.05, 3.63) is 5.82 Å². The van der Waals surface area contributed by atoms with Gasteiger partial charge in [-0.25, -0.2) is 4.68 Å². The quantitative estimate of drug-likeness (QED) is 0.826. The van der Waals surface area contributed by atoms with Crippen LogP contribution in [0.2, 0.25) is 0 Å². The molecule has 1 N–H and O–H groups in total. The van der Waals surface area contributed by atoms with Gasteiger partial charge in [0, 0.05) is 6.42 Å². The number of aromatic nitrogens is 4. The predicted octanol–water partition coefficient (Wildman–Crippen LogP) is 2.22. The average Bonchev–Trinajstić information content (AvgIpc) is 2.65. The van der Waals surface area contributed by atoms with E-state index in [2.05, 4.69) is 15.5 Å². The van der Waals surface area contributed by atoms with Crippen molar-refractivity contribution >= 4 is 5.97 Å². The van der Waals surface area contributed by atoms with Gasteiger partial charge < -0.3 is 5.11 Å². The van der Waals surface area contributed by atoms with Gasteiger partial charge in [0.15, 0.2) is 5.82 Å². The Bertz CT molecular complexity index is 411. The first-order valence-corrected chi connectivity index (χ1v) is 7.15. The van der Waals surface area contributed by atoms with E-state index in [1.54, 1.807) is 4.68 Å². The Labute approximate surface area is 113 Å². The third-order valence-electron chi connectivity index (χ3n) is 3.89. The van der Waals surface area contributed by atoms with E-state index in [0.717, 1.165) is 12.2 Å². The first kappa shape index (κ1) is 14.0. The second kappa shape index (κ2) is 6.63. The van der Waals surface area contributed by atoms with E-state index in [0.29, 0.717) is 5.92 Å². The third-order valence-corrected chi connectivity index (χ3v) is 3.89. The first-order chi connectivity index (χ1) is 9.16. The number of carboxylic acid groups (broad SMARTS) is 1. The summed E-state index contributed by atoms with van der Waals surface area (Å²) >= 11 is 0. The minimum Gasteiger partial charge on any atom is -0.481 e. The Kier molecular flexibility index (Phi) is 4.87. The Balaban J connectivity index is 2.00. The van der Waals surface area contributed by atoms with Crippen molar-refractivity contribution in [1.82, 2.24) is 20.2 Å². The van der Waals surface area contributed by atoms with E-state index in [9.17, 15) is 4.79 Å². The number of rotatable bonds is 5. The lowest BCUT2D eigenvalue weighted by atomic mass is 9.96. The lowest BCUT2D eigenvalue weighted by Crippen LogP contribution is -2.17. The van der Waals surface area contributed by atoms with Gasteiger partial charge in [0.25, 0.3) is 0 Å². The Morgan fingerprint density at radius 3 is 2.68 bits per heavy atom. The molecule has 1 fully saturated rings. The standard InChI is InChI=1S/C13H22N4O2/c1-10(8-13(18)19)17-12(14-15-16-17)9-11-6-4-2-3-5-7-11/h10-11H,2-9H2,1H3,(H,18,19). The maximum atomic E-state index is 10.8. The smallest absolute Gasteiger partial charge is 0.305 e. The number of nitrogens with zero attached hydrogens (tertiary/aromatic N) is 4. The van der Waals surface area contributed by atoms with Crippen LogP contribution in [0.15, 0.2) is 0 Å². The third kappa shape index (κ3) is 4.01. The molecule has 0 bridgehead atoms. The molecule has 1 heterocycles. The molecule has 0 saturated heterocycles. The van der Waals surface area contributed by atoms with Gasteiger partial charge in [-0.2, -0.15) is 0 Å². The van der Waals surface area contributed by atoms with Gasteiger partial charge in [-0.1, -0.05) is 38.5 Å². The summed E-state index contributed by atoms with van der Waals surface area (Å²) in [5.41, 5.74) is 0. The van der Waals surface area contributed by atoms with Crippen LogP contribution in [0, 0.1) is 5.92 Å². The summed E-state index contributed by atoms with van der Waals surface area (Å²) in [6.45, 7) is 1.85. The van der Waals surface area contributed by atoms with Crippen molar-refractivity contribution in [2.45, 2.75) is 64.3 Å². The van der Waals surface area contributed by atoms with Gasteiger partial charge in [0.1, 0.15) is 0 Å². The van der Waals surface area contributed by atoms with Crippen LogP contribution in [0.5, 0.6) is 0 Å². The van der Waals surface area contributed by atoms with Gasteiger partial charge in [-0.15, -0.1) is 5.10 Å². The van der Waals surface area contributed by atoms with Crippen molar-refractivity contribution < 1.29 is 9.90 Å². The molecule has 1 saturated carbocycles. The summed E-state index contributed by atoms with van der Waals surface area (Å²) in [4.78, 5) is 10.8. The van der Waals surface area contributed by atoms with E-state index in [1.807, 2.05) is 6.92 Å². The van der Waals surface area contributed by atoms with Crippen LogP contribution in [0.3, 0.4) is 0 Å². The zero-order valence-corrected chi connectivity index (χ0v) is 11.5. The zero-order chi connectivity index (χ0) is 13.7. The summed E-state index contributed by atoms with van der Waals surface area (Å²) in [6.07, 6.45) is 8.64. The lowest BCUT2D eigenvalue weighted by molar-refractivity contribution is -0.137. The molecule has 0 spiro atoms. The Hall–Kier alpha value is -1.46. The molecule has 1 aliphatic rings. The number of hydrogen-bond acceptors (Lipinski definition) is 4. The van der Waals surface area contributed by atoms with Gasteiger partial charge in [0.2, 0.25) is 0 Å². The van der Waals surface area contributed by atoms with E-state index in [4.69, 9.17) is 5.11 Å². The van der Waals surface area contributed by atoms with Crippen LogP contribution >= 0.6 is 0 Å². The number of hydrogen-bond donors (Lipinski definition) is 1. The first-order valence-electron chi connectivity index (χ1n) is 7.15. The zero-order valence-electron chi connectivity index (χ0n) is 11.5. The molecule has 0 radical (unpaired) electrons. The molecule has 1 unspecified atom stereocenters. The van der Waals surface area contributed by atoms with E-state index < -0.39 is 5.97 Å². The Morgan fingerprint density at radius 2 is 2.05 bits per heavy atom. The second-order valence-electron chi connectivity index (χ2n) is 5.55. The number of tetrazole rings is 1. The maximum Gasteiger partial charge on any atom is 0.305 e. The van der Waals surface area contributed by atoms with Crippen molar-refractivity contribution in [1.29, 1.82) is 0 Å². The molecule has 1 aromatic heterocycles. The normalized spacial score (nSPS) is 19.0. The van der Waals surface area contributed by atoms with Crippen LogP contribution in [-0.2, 0) is 11.2 Å². The molecule has 6 nitrogen and oxygen atoms in total. The minimum absolute atomic E-state index is 0.0582. The highest BCUT2D eigenvalue weighted by atomic mass is 16.4. The number of carboxylic acids is 1. The van der Waals surface area contributed by atoms with E-state index in [-0.39, 0.29) is 12.5 Å². The van der Waals surface area contributed by atoms with Gasteiger partial charge >= 0.3 is 5.97 Å². The van der Waals surface area contributed by atoms with Gasteiger partial charge in [0.05, 0.1) is 12.5 Å². The fourth-order valence-corrected chi connectivity index (χ4v) is 2.85. The molecular weight excluding hydrogens is 244 g/mol. The van der Waals surface area contributed by atoms with Crippen LogP contribution in [0.25, 0.3) is 0 Å². The van der Waals surface area contributed by atoms with Crippen LogP contribution in [0.1, 0.15) is 63.7 Å². The van der Waals surface area contributed by atoms with E-state index >= 15 is 0 Å². The monoisotopic (exact) mass is 266 g/mol. The van der Waals surface area contributed by atoms with Gasteiger partial charge in [-0.3, -0.25) is 4.79 Å². The molecule has 19 heavy (non-hydrogen) atoms. The molecule has 2 rings (SSSR count). The van der Waals surface area contributed by atoms with E-state index in [1.165, 1.54) is 38.5 Å². The average molecular weight is 266 g/mol. The fourth-order valence-electron chi connectivity index (χ4n) is 2.85. The molecule has 1 aliphatic carbocycles. The summed E-state index contributed by atoms with van der Waals surface area (Å²) in [7, 11) is 0. The number of aliphatic carboxylic acids is 1. The van der Waals surface area contributed by atoms with Gasteiger partial charge in [-0.05, 0) is 23.3 Å². The highest BCUT2D eigenvalue weighted by Gasteiger charge is 2.20. The molecule has 1 atom stereocenters. The molecular formula is C13H22N4O2. The minimum atomic E-state index is -0.816. The fraction of sp³-hybridized carbons (Fsp3) is 0.846. The maximum absolute atomic E-state index is 10.8. The summed E-state index contributed by atoms with van der Waals surface area (Å²) in [6, 6.07) is -0.187. The van der Waals surface area contributed by atoms with Crippen LogP contribution in [0.4, 0.5) is 0 Å². The molecule has 106 valence electrons. The summed E-state index contributed by atoms with van der Waals surface area (Å²) in [5, 5.41) is 20.6. The highest BCUT2D eigenvalue weighted by molar-refractivity contribution is 5.67. The van der Waals surface area contributed by atoms with Crippen molar-refractivity contribution in [3.63, 3.8) is 0 Å². The topological polar surface area (TPSA) is 80.9 Å².